The monoisotopic (exact) mass is 230 g/mol. The molecule has 0 spiro atoms. The van der Waals surface area contributed by atoms with E-state index in [9.17, 15) is 0 Å². The van der Waals surface area contributed by atoms with Crippen molar-refractivity contribution in [3.05, 3.63) is 0 Å². The topological polar surface area (TPSA) is 24.4 Å². The third kappa shape index (κ3) is 2.83. The summed E-state index contributed by atoms with van der Waals surface area (Å²) in [5.41, 5.74) is 0. The highest BCUT2D eigenvalue weighted by molar-refractivity contribution is 8.13. The smallest absolute Gasteiger partial charge is 0.156 e. The van der Waals surface area contributed by atoms with Gasteiger partial charge in [-0.1, -0.05) is 11.8 Å². The summed E-state index contributed by atoms with van der Waals surface area (Å²) in [5.74, 6) is 1.24. The number of amidine groups is 1. The van der Waals surface area contributed by atoms with Crippen LogP contribution in [-0.4, -0.2) is 35.0 Å². The summed E-state index contributed by atoms with van der Waals surface area (Å²) in [5, 5.41) is 5.66. The lowest BCUT2D eigenvalue weighted by Crippen LogP contribution is -2.32. The Morgan fingerprint density at radius 2 is 2.43 bits per heavy atom. The molecule has 1 aliphatic heterocycles. The van der Waals surface area contributed by atoms with E-state index >= 15 is 0 Å². The van der Waals surface area contributed by atoms with E-state index in [0.29, 0.717) is 6.04 Å². The fourth-order valence-corrected chi connectivity index (χ4v) is 3.70. The van der Waals surface area contributed by atoms with Gasteiger partial charge in [-0.05, 0) is 31.9 Å². The van der Waals surface area contributed by atoms with Gasteiger partial charge in [-0.25, -0.2) is 0 Å². The van der Waals surface area contributed by atoms with Crippen molar-refractivity contribution in [2.75, 3.05) is 18.6 Å². The third-order valence-electron chi connectivity index (χ3n) is 2.84. The Hall–Kier alpha value is 0.170. The molecule has 1 heterocycles. The fraction of sp³-hybridized carbons (Fsp3) is 0.900. The first-order chi connectivity index (χ1) is 6.88. The van der Waals surface area contributed by atoms with Crippen molar-refractivity contribution in [2.24, 2.45) is 4.99 Å². The van der Waals surface area contributed by atoms with Gasteiger partial charge in [0.05, 0.1) is 0 Å². The second kappa shape index (κ2) is 5.31. The number of hydrogen-bond acceptors (Lipinski definition) is 4. The molecule has 2 atom stereocenters. The van der Waals surface area contributed by atoms with Crippen molar-refractivity contribution in [1.82, 2.24) is 5.32 Å². The summed E-state index contributed by atoms with van der Waals surface area (Å²) in [4.78, 5) is 4.51. The van der Waals surface area contributed by atoms with Crippen LogP contribution in [0.3, 0.4) is 0 Å². The first-order valence-electron chi connectivity index (χ1n) is 5.35. The van der Waals surface area contributed by atoms with Crippen molar-refractivity contribution < 1.29 is 0 Å². The highest BCUT2D eigenvalue weighted by atomic mass is 32.2. The van der Waals surface area contributed by atoms with Crippen LogP contribution in [0.4, 0.5) is 0 Å². The minimum Gasteiger partial charge on any atom is -0.362 e. The van der Waals surface area contributed by atoms with Crippen LogP contribution in [0.1, 0.15) is 25.7 Å². The first-order valence-corrected chi connectivity index (χ1v) is 7.62. The lowest BCUT2D eigenvalue weighted by atomic mass is 10.3. The van der Waals surface area contributed by atoms with E-state index in [1.54, 1.807) is 0 Å². The van der Waals surface area contributed by atoms with Crippen LogP contribution in [-0.2, 0) is 0 Å². The lowest BCUT2D eigenvalue weighted by Gasteiger charge is -2.18. The van der Waals surface area contributed by atoms with Crippen molar-refractivity contribution in [3.8, 4) is 0 Å². The Bertz CT molecular complexity index is 218. The number of hydrogen-bond donors (Lipinski definition) is 1. The van der Waals surface area contributed by atoms with Crippen molar-refractivity contribution in [2.45, 2.75) is 37.0 Å². The van der Waals surface area contributed by atoms with Gasteiger partial charge in [-0.3, -0.25) is 4.99 Å². The maximum atomic E-state index is 4.51. The fourth-order valence-electron chi connectivity index (χ4n) is 2.01. The minimum atomic E-state index is 0.691. The molecule has 0 saturated heterocycles. The molecular weight excluding hydrogens is 212 g/mol. The van der Waals surface area contributed by atoms with Gasteiger partial charge in [0.1, 0.15) is 0 Å². The van der Waals surface area contributed by atoms with Gasteiger partial charge >= 0.3 is 0 Å². The normalized spacial score (nSPS) is 32.8. The van der Waals surface area contributed by atoms with Crippen LogP contribution in [0.5, 0.6) is 0 Å². The summed E-state index contributed by atoms with van der Waals surface area (Å²) in [6, 6.07) is 0.691. The van der Waals surface area contributed by atoms with Gasteiger partial charge in [0.2, 0.25) is 0 Å². The maximum Gasteiger partial charge on any atom is 0.156 e. The number of thioether (sulfide) groups is 2. The number of rotatable bonds is 2. The number of nitrogens with one attached hydrogen (secondary N) is 1. The molecule has 1 fully saturated rings. The van der Waals surface area contributed by atoms with Crippen LogP contribution in [0, 0.1) is 0 Å². The van der Waals surface area contributed by atoms with Gasteiger partial charge in [-0.2, -0.15) is 11.8 Å². The van der Waals surface area contributed by atoms with Gasteiger partial charge < -0.3 is 5.32 Å². The molecule has 2 rings (SSSR count). The van der Waals surface area contributed by atoms with E-state index < -0.39 is 0 Å². The van der Waals surface area contributed by atoms with Crippen molar-refractivity contribution in [1.29, 1.82) is 0 Å². The van der Waals surface area contributed by atoms with E-state index in [0.717, 1.165) is 11.8 Å². The Kier molecular flexibility index (Phi) is 4.05. The second-order valence-corrected chi connectivity index (χ2v) is 6.12. The molecule has 0 amide bonds. The molecule has 2 unspecified atom stereocenters. The van der Waals surface area contributed by atoms with E-state index in [1.807, 2.05) is 23.5 Å². The molecular formula is C10H18N2S2. The molecule has 1 aliphatic carbocycles. The predicted molar refractivity (Wildman–Crippen MR) is 67.5 cm³/mol. The average Bonchev–Trinajstić information content (AvgIpc) is 2.67. The summed E-state index contributed by atoms with van der Waals surface area (Å²) in [6.45, 7) is 1.02. The standard InChI is InChI=1S/C10H18N2S2/c1-13-9-4-3-8(7-9)12-10-11-5-2-6-14-10/h8-9H,2-7H2,1H3,(H,11,12). The summed E-state index contributed by atoms with van der Waals surface area (Å²) < 4.78 is 0. The summed E-state index contributed by atoms with van der Waals surface area (Å²) >= 11 is 3.90. The lowest BCUT2D eigenvalue weighted by molar-refractivity contribution is 0.634. The Morgan fingerprint density at radius 3 is 3.07 bits per heavy atom. The molecule has 1 N–H and O–H groups in total. The maximum absolute atomic E-state index is 4.51. The van der Waals surface area contributed by atoms with Gasteiger partial charge in [0, 0.05) is 23.6 Å². The zero-order chi connectivity index (χ0) is 9.80. The van der Waals surface area contributed by atoms with Crippen molar-refractivity contribution >= 4 is 28.7 Å². The van der Waals surface area contributed by atoms with E-state index in [1.165, 1.54) is 36.6 Å². The third-order valence-corrected chi connectivity index (χ3v) is 4.95. The molecule has 4 heteroatoms. The largest absolute Gasteiger partial charge is 0.362 e. The van der Waals surface area contributed by atoms with Crippen LogP contribution < -0.4 is 5.32 Å². The zero-order valence-corrected chi connectivity index (χ0v) is 10.3. The van der Waals surface area contributed by atoms with Crippen molar-refractivity contribution in [3.63, 3.8) is 0 Å². The summed E-state index contributed by atoms with van der Waals surface area (Å²) in [6.07, 6.45) is 7.48. The predicted octanol–water partition coefficient (Wildman–Crippen LogP) is 2.35. The quantitative estimate of drug-likeness (QED) is 0.788. The van der Waals surface area contributed by atoms with Crippen LogP contribution in [0.15, 0.2) is 4.99 Å². The highest BCUT2D eigenvalue weighted by Crippen LogP contribution is 2.28. The highest BCUT2D eigenvalue weighted by Gasteiger charge is 2.24. The molecule has 0 aromatic heterocycles. The summed E-state index contributed by atoms with van der Waals surface area (Å²) in [7, 11) is 0. The SMILES string of the molecule is CSC1CCC(NC2=NCCCS2)C1. The molecule has 0 radical (unpaired) electrons. The molecule has 0 aromatic carbocycles. The van der Waals surface area contributed by atoms with Gasteiger partial charge in [-0.15, -0.1) is 0 Å². The van der Waals surface area contributed by atoms with Gasteiger partial charge in [0.25, 0.3) is 0 Å². The van der Waals surface area contributed by atoms with Gasteiger partial charge in [0.15, 0.2) is 5.17 Å². The first kappa shape index (κ1) is 10.7. The Labute approximate surface area is 94.7 Å². The molecule has 1 saturated carbocycles. The molecule has 14 heavy (non-hydrogen) atoms. The molecule has 2 nitrogen and oxygen atoms in total. The minimum absolute atomic E-state index is 0.691. The van der Waals surface area contributed by atoms with E-state index in [-0.39, 0.29) is 0 Å². The van der Waals surface area contributed by atoms with E-state index in [4.69, 9.17) is 0 Å². The molecule has 2 aliphatic rings. The van der Waals surface area contributed by atoms with Crippen LogP contribution >= 0.6 is 23.5 Å². The molecule has 0 aromatic rings. The Morgan fingerprint density at radius 1 is 1.50 bits per heavy atom. The number of nitrogens with zero attached hydrogens (tertiary/aromatic N) is 1. The average molecular weight is 230 g/mol. The van der Waals surface area contributed by atoms with Crippen LogP contribution in [0.2, 0.25) is 0 Å². The number of aliphatic imine (C=N–C) groups is 1. The Balaban J connectivity index is 1.78. The zero-order valence-electron chi connectivity index (χ0n) is 8.66. The van der Waals surface area contributed by atoms with E-state index in [2.05, 4.69) is 16.6 Å². The van der Waals surface area contributed by atoms with Crippen LogP contribution in [0.25, 0.3) is 0 Å². The molecule has 80 valence electrons. The molecule has 0 bridgehead atoms. The second-order valence-electron chi connectivity index (χ2n) is 3.90.